The van der Waals surface area contributed by atoms with Crippen LogP contribution in [-0.4, -0.2) is 56.4 Å². The number of piperazine rings is 1. The lowest BCUT2D eigenvalue weighted by molar-refractivity contribution is -0.134. The highest BCUT2D eigenvalue weighted by atomic mass is 16.2. The monoisotopic (exact) mass is 327 g/mol. The fourth-order valence-electron chi connectivity index (χ4n) is 3.33. The first-order valence-corrected chi connectivity index (χ1v) is 8.57. The van der Waals surface area contributed by atoms with Crippen molar-refractivity contribution in [1.29, 1.82) is 0 Å². The SMILES string of the molecule is CCN1CCN(C(=O)CCc2ccncc2)C[C@@H]1c1nccn1C. The Balaban J connectivity index is 1.64. The average molecular weight is 327 g/mol. The molecule has 0 aliphatic carbocycles. The molecule has 1 amide bonds. The van der Waals surface area contributed by atoms with Gasteiger partial charge in [0.2, 0.25) is 5.91 Å². The van der Waals surface area contributed by atoms with Gasteiger partial charge in [0, 0.05) is 57.9 Å². The van der Waals surface area contributed by atoms with Gasteiger partial charge in [-0.25, -0.2) is 4.98 Å². The molecule has 1 aliphatic rings. The maximum atomic E-state index is 12.6. The van der Waals surface area contributed by atoms with E-state index in [1.165, 1.54) is 0 Å². The number of aryl methyl sites for hydroxylation is 2. The number of pyridine rings is 1. The van der Waals surface area contributed by atoms with E-state index >= 15 is 0 Å². The zero-order valence-corrected chi connectivity index (χ0v) is 14.4. The third-order valence-corrected chi connectivity index (χ3v) is 4.78. The van der Waals surface area contributed by atoms with Crippen molar-refractivity contribution in [3.8, 4) is 0 Å². The summed E-state index contributed by atoms with van der Waals surface area (Å²) < 4.78 is 2.05. The van der Waals surface area contributed by atoms with Crippen molar-refractivity contribution in [3.63, 3.8) is 0 Å². The predicted molar refractivity (Wildman–Crippen MR) is 92.3 cm³/mol. The van der Waals surface area contributed by atoms with Gasteiger partial charge < -0.3 is 9.47 Å². The van der Waals surface area contributed by atoms with E-state index in [0.29, 0.717) is 13.0 Å². The molecule has 2 aromatic heterocycles. The van der Waals surface area contributed by atoms with Crippen LogP contribution in [0.4, 0.5) is 0 Å². The number of likely N-dealkylation sites (N-methyl/N-ethyl adjacent to an activating group) is 1. The number of imidazole rings is 1. The highest BCUT2D eigenvalue weighted by molar-refractivity contribution is 5.76. The summed E-state index contributed by atoms with van der Waals surface area (Å²) >= 11 is 0. The number of rotatable bonds is 5. The van der Waals surface area contributed by atoms with Crippen LogP contribution in [0.3, 0.4) is 0 Å². The molecule has 128 valence electrons. The molecule has 6 nitrogen and oxygen atoms in total. The molecular formula is C18H25N5O. The minimum atomic E-state index is 0.175. The molecule has 2 aromatic rings. The Bertz CT molecular complexity index is 669. The van der Waals surface area contributed by atoms with Gasteiger partial charge in [-0.15, -0.1) is 0 Å². The Morgan fingerprint density at radius 2 is 2.04 bits per heavy atom. The first-order chi connectivity index (χ1) is 11.7. The van der Waals surface area contributed by atoms with E-state index in [4.69, 9.17) is 0 Å². The highest BCUT2D eigenvalue weighted by Gasteiger charge is 2.31. The summed E-state index contributed by atoms with van der Waals surface area (Å²) in [5.74, 6) is 1.25. The van der Waals surface area contributed by atoms with E-state index in [2.05, 4.69) is 26.4 Å². The number of carbonyl (C=O) groups excluding carboxylic acids is 1. The molecule has 0 unspecified atom stereocenters. The molecule has 1 saturated heterocycles. The summed E-state index contributed by atoms with van der Waals surface area (Å²) in [5, 5.41) is 0. The van der Waals surface area contributed by atoms with Crippen molar-refractivity contribution in [2.24, 2.45) is 7.05 Å². The lowest BCUT2D eigenvalue weighted by atomic mass is 10.1. The predicted octanol–water partition coefficient (Wildman–Crippen LogP) is 1.65. The number of carbonyl (C=O) groups is 1. The molecule has 1 aliphatic heterocycles. The molecule has 6 heteroatoms. The van der Waals surface area contributed by atoms with Crippen LogP contribution in [0.5, 0.6) is 0 Å². The highest BCUT2D eigenvalue weighted by Crippen LogP contribution is 2.24. The third-order valence-electron chi connectivity index (χ3n) is 4.78. The van der Waals surface area contributed by atoms with Crippen LogP contribution >= 0.6 is 0 Å². The summed E-state index contributed by atoms with van der Waals surface area (Å²) in [6.07, 6.45) is 8.65. The van der Waals surface area contributed by atoms with Gasteiger partial charge in [-0.1, -0.05) is 6.92 Å². The van der Waals surface area contributed by atoms with Gasteiger partial charge in [-0.3, -0.25) is 14.7 Å². The standard InChI is InChI=1S/C18H25N5O/c1-3-22-12-13-23(14-16(22)18-20-10-11-21(18)2)17(24)5-4-15-6-8-19-9-7-15/h6-11,16H,3-5,12-14H2,1-2H3/t16-/m1/s1. The second kappa shape index (κ2) is 7.57. The van der Waals surface area contributed by atoms with Crippen molar-refractivity contribution in [1.82, 2.24) is 24.3 Å². The normalized spacial score (nSPS) is 18.8. The summed E-state index contributed by atoms with van der Waals surface area (Å²) in [5.41, 5.74) is 1.16. The Labute approximate surface area is 143 Å². The minimum Gasteiger partial charge on any atom is -0.339 e. The van der Waals surface area contributed by atoms with E-state index in [-0.39, 0.29) is 11.9 Å². The molecule has 0 bridgehead atoms. The van der Waals surface area contributed by atoms with Crippen LogP contribution in [0.2, 0.25) is 0 Å². The van der Waals surface area contributed by atoms with Crippen LogP contribution in [-0.2, 0) is 18.3 Å². The minimum absolute atomic E-state index is 0.175. The number of hydrogen-bond donors (Lipinski definition) is 0. The maximum Gasteiger partial charge on any atom is 0.223 e. The molecular weight excluding hydrogens is 302 g/mol. The Kier molecular flexibility index (Phi) is 5.25. The third kappa shape index (κ3) is 3.64. The summed E-state index contributed by atoms with van der Waals surface area (Å²) in [4.78, 5) is 25.5. The largest absolute Gasteiger partial charge is 0.339 e. The quantitative estimate of drug-likeness (QED) is 0.838. The number of aromatic nitrogens is 3. The van der Waals surface area contributed by atoms with E-state index in [9.17, 15) is 4.79 Å². The summed E-state index contributed by atoms with van der Waals surface area (Å²) in [6.45, 7) is 5.54. The van der Waals surface area contributed by atoms with E-state index in [0.717, 1.165) is 37.4 Å². The molecule has 1 atom stereocenters. The molecule has 0 radical (unpaired) electrons. The van der Waals surface area contributed by atoms with Gasteiger partial charge in [-0.2, -0.15) is 0 Å². The molecule has 0 N–H and O–H groups in total. The van der Waals surface area contributed by atoms with Gasteiger partial charge >= 0.3 is 0 Å². The molecule has 3 rings (SSSR count). The Morgan fingerprint density at radius 3 is 2.71 bits per heavy atom. The fraction of sp³-hybridized carbons (Fsp3) is 0.500. The Morgan fingerprint density at radius 1 is 1.25 bits per heavy atom. The molecule has 0 aromatic carbocycles. The number of hydrogen-bond acceptors (Lipinski definition) is 4. The number of nitrogens with zero attached hydrogens (tertiary/aromatic N) is 5. The van der Waals surface area contributed by atoms with E-state index < -0.39 is 0 Å². The lowest BCUT2D eigenvalue weighted by Gasteiger charge is -2.40. The molecule has 0 spiro atoms. The fourth-order valence-corrected chi connectivity index (χ4v) is 3.33. The van der Waals surface area contributed by atoms with Gasteiger partial charge in [0.05, 0.1) is 6.04 Å². The van der Waals surface area contributed by atoms with Crippen molar-refractivity contribution < 1.29 is 4.79 Å². The van der Waals surface area contributed by atoms with Gasteiger partial charge in [0.15, 0.2) is 0 Å². The average Bonchev–Trinajstić information content (AvgIpc) is 3.05. The smallest absolute Gasteiger partial charge is 0.223 e. The molecule has 24 heavy (non-hydrogen) atoms. The number of amides is 1. The zero-order chi connectivity index (χ0) is 16.9. The second-order valence-corrected chi connectivity index (χ2v) is 6.24. The topological polar surface area (TPSA) is 54.3 Å². The van der Waals surface area contributed by atoms with Crippen LogP contribution < -0.4 is 0 Å². The van der Waals surface area contributed by atoms with Crippen LogP contribution in [0.25, 0.3) is 0 Å². The molecule has 3 heterocycles. The van der Waals surface area contributed by atoms with Crippen molar-refractivity contribution in [3.05, 3.63) is 48.3 Å². The molecule has 0 saturated carbocycles. The Hall–Kier alpha value is -2.21. The van der Waals surface area contributed by atoms with Crippen molar-refractivity contribution in [2.75, 3.05) is 26.2 Å². The zero-order valence-electron chi connectivity index (χ0n) is 14.4. The summed E-state index contributed by atoms with van der Waals surface area (Å²) in [7, 11) is 2.01. The van der Waals surface area contributed by atoms with Crippen LogP contribution in [0, 0.1) is 0 Å². The van der Waals surface area contributed by atoms with Crippen molar-refractivity contribution >= 4 is 5.91 Å². The first-order valence-electron chi connectivity index (χ1n) is 8.57. The van der Waals surface area contributed by atoms with Crippen LogP contribution in [0.15, 0.2) is 36.9 Å². The van der Waals surface area contributed by atoms with Gasteiger partial charge in [0.1, 0.15) is 5.82 Å². The van der Waals surface area contributed by atoms with Gasteiger partial charge in [-0.05, 0) is 30.7 Å². The lowest BCUT2D eigenvalue weighted by Crippen LogP contribution is -2.51. The van der Waals surface area contributed by atoms with Crippen molar-refractivity contribution in [2.45, 2.75) is 25.8 Å². The van der Waals surface area contributed by atoms with E-state index in [1.807, 2.05) is 36.5 Å². The van der Waals surface area contributed by atoms with Gasteiger partial charge in [0.25, 0.3) is 0 Å². The van der Waals surface area contributed by atoms with Crippen LogP contribution in [0.1, 0.15) is 30.8 Å². The summed E-state index contributed by atoms with van der Waals surface area (Å²) in [6, 6.07) is 4.12. The van der Waals surface area contributed by atoms with E-state index in [1.54, 1.807) is 12.4 Å². The maximum absolute atomic E-state index is 12.6. The molecule has 1 fully saturated rings. The first kappa shape index (κ1) is 16.6. The second-order valence-electron chi connectivity index (χ2n) is 6.24.